The maximum Gasteiger partial charge on any atom is 0.274 e. The maximum atomic E-state index is 13.4. The zero-order valence-electron chi connectivity index (χ0n) is 18.0. The first-order chi connectivity index (χ1) is 15.2. The van der Waals surface area contributed by atoms with Crippen LogP contribution in [0.25, 0.3) is 5.65 Å². The van der Waals surface area contributed by atoms with E-state index in [1.54, 1.807) is 0 Å². The Bertz CT molecular complexity index is 993. The fourth-order valence-corrected chi connectivity index (χ4v) is 4.44. The highest BCUT2D eigenvalue weighted by Gasteiger charge is 2.24. The number of aromatic nitrogens is 2. The molecule has 1 aromatic carbocycles. The van der Waals surface area contributed by atoms with Gasteiger partial charge in [-0.25, -0.2) is 4.98 Å². The van der Waals surface area contributed by atoms with Gasteiger partial charge in [0.15, 0.2) is 5.69 Å². The number of benzene rings is 1. The van der Waals surface area contributed by atoms with Crippen LogP contribution in [0.1, 0.15) is 60.3 Å². The van der Waals surface area contributed by atoms with Crippen molar-refractivity contribution in [2.24, 2.45) is 0 Å². The predicted octanol–water partition coefficient (Wildman–Crippen LogP) is 5.12. The Kier molecular flexibility index (Phi) is 7.60. The Morgan fingerprint density at radius 1 is 1.00 bits per heavy atom. The molecule has 1 aliphatic rings. The molecule has 1 fully saturated rings. The van der Waals surface area contributed by atoms with E-state index in [1.807, 2.05) is 33.7 Å². The fourth-order valence-electron chi connectivity index (χ4n) is 4.28. The van der Waals surface area contributed by atoms with Gasteiger partial charge >= 0.3 is 0 Å². The van der Waals surface area contributed by atoms with Gasteiger partial charge in [-0.2, -0.15) is 0 Å². The molecular weight excluding hydrogens is 408 g/mol. The highest BCUT2D eigenvalue weighted by Crippen LogP contribution is 2.20. The van der Waals surface area contributed by atoms with Crippen molar-refractivity contribution in [1.82, 2.24) is 19.6 Å². The Morgan fingerprint density at radius 2 is 1.74 bits per heavy atom. The molecule has 5 nitrogen and oxygen atoms in total. The molecule has 31 heavy (non-hydrogen) atoms. The molecule has 1 aliphatic heterocycles. The van der Waals surface area contributed by atoms with Gasteiger partial charge in [0.2, 0.25) is 0 Å². The number of carbonyl (C=O) groups excluding carboxylic acids is 1. The number of aryl methyl sites for hydroxylation is 1. The molecule has 0 atom stereocenters. The highest BCUT2D eigenvalue weighted by atomic mass is 35.5. The van der Waals surface area contributed by atoms with E-state index in [9.17, 15) is 4.79 Å². The molecule has 6 heteroatoms. The number of hydrogen-bond donors (Lipinski definition) is 1. The van der Waals surface area contributed by atoms with Crippen LogP contribution in [-0.2, 0) is 13.0 Å². The predicted molar refractivity (Wildman–Crippen MR) is 126 cm³/mol. The first kappa shape index (κ1) is 21.8. The Labute approximate surface area is 189 Å². The number of hydrogen-bond acceptors (Lipinski definition) is 3. The van der Waals surface area contributed by atoms with Gasteiger partial charge in [-0.15, -0.1) is 0 Å². The van der Waals surface area contributed by atoms with E-state index in [-0.39, 0.29) is 5.91 Å². The fraction of sp³-hybridized carbons (Fsp3) is 0.440. The first-order valence-corrected chi connectivity index (χ1v) is 11.8. The van der Waals surface area contributed by atoms with E-state index in [4.69, 9.17) is 16.6 Å². The minimum atomic E-state index is 0.0443. The summed E-state index contributed by atoms with van der Waals surface area (Å²) in [6, 6.07) is 14.2. The van der Waals surface area contributed by atoms with E-state index >= 15 is 0 Å². The lowest BCUT2D eigenvalue weighted by atomic mass is 10.1. The summed E-state index contributed by atoms with van der Waals surface area (Å²) in [5.74, 6) is 0.0443. The second-order valence-electron chi connectivity index (χ2n) is 8.31. The number of halogens is 1. The van der Waals surface area contributed by atoms with Crippen molar-refractivity contribution in [3.63, 3.8) is 0 Å². The molecule has 4 rings (SSSR count). The van der Waals surface area contributed by atoms with Crippen LogP contribution < -0.4 is 5.32 Å². The highest BCUT2D eigenvalue weighted by molar-refractivity contribution is 6.30. The molecule has 1 amide bonds. The summed E-state index contributed by atoms with van der Waals surface area (Å²) in [7, 11) is 0. The second-order valence-corrected chi connectivity index (χ2v) is 8.74. The summed E-state index contributed by atoms with van der Waals surface area (Å²) < 4.78 is 1.96. The summed E-state index contributed by atoms with van der Waals surface area (Å²) in [6.07, 6.45) is 9.72. The third kappa shape index (κ3) is 5.66. The normalized spacial score (nSPS) is 15.1. The monoisotopic (exact) mass is 438 g/mol. The van der Waals surface area contributed by atoms with E-state index < -0.39 is 0 Å². The van der Waals surface area contributed by atoms with Crippen LogP contribution >= 0.6 is 11.6 Å². The first-order valence-electron chi connectivity index (χ1n) is 11.4. The summed E-state index contributed by atoms with van der Waals surface area (Å²) >= 11 is 6.26. The van der Waals surface area contributed by atoms with Crippen LogP contribution in [0.15, 0.2) is 48.7 Å². The molecule has 2 aromatic heterocycles. The van der Waals surface area contributed by atoms with Crippen molar-refractivity contribution in [3.05, 3.63) is 70.6 Å². The molecule has 0 aliphatic carbocycles. The lowest BCUT2D eigenvalue weighted by molar-refractivity contribution is 0.0735. The Balaban J connectivity index is 1.47. The summed E-state index contributed by atoms with van der Waals surface area (Å²) in [6.45, 7) is 3.10. The summed E-state index contributed by atoms with van der Waals surface area (Å²) in [4.78, 5) is 20.1. The minimum Gasteiger partial charge on any atom is -0.337 e. The number of carbonyl (C=O) groups is 1. The van der Waals surface area contributed by atoms with Gasteiger partial charge in [0.05, 0.1) is 10.7 Å². The average molecular weight is 439 g/mol. The van der Waals surface area contributed by atoms with E-state index in [0.717, 1.165) is 56.7 Å². The lowest BCUT2D eigenvalue weighted by Gasteiger charge is -2.24. The molecule has 1 N–H and O–H groups in total. The zero-order valence-corrected chi connectivity index (χ0v) is 18.8. The van der Waals surface area contributed by atoms with Crippen LogP contribution in [0.4, 0.5) is 0 Å². The molecule has 0 saturated carbocycles. The molecular formula is C25H31ClN4O. The molecule has 3 aromatic rings. The number of pyridine rings is 1. The van der Waals surface area contributed by atoms with Crippen LogP contribution in [0.5, 0.6) is 0 Å². The van der Waals surface area contributed by atoms with Gasteiger partial charge in [-0.05, 0) is 49.9 Å². The molecule has 0 spiro atoms. The number of imidazole rings is 1. The van der Waals surface area contributed by atoms with Crippen LogP contribution in [0.3, 0.4) is 0 Å². The smallest absolute Gasteiger partial charge is 0.274 e. The van der Waals surface area contributed by atoms with Crippen molar-refractivity contribution in [3.8, 4) is 0 Å². The van der Waals surface area contributed by atoms with E-state index in [1.165, 1.54) is 24.8 Å². The van der Waals surface area contributed by atoms with E-state index in [2.05, 4.69) is 29.6 Å². The van der Waals surface area contributed by atoms with Gasteiger partial charge in [0.1, 0.15) is 5.65 Å². The van der Waals surface area contributed by atoms with Crippen LogP contribution in [0, 0.1) is 0 Å². The number of nitrogens with one attached hydrogen (secondary N) is 1. The van der Waals surface area contributed by atoms with Crippen LogP contribution in [0.2, 0.25) is 5.02 Å². The molecule has 3 heterocycles. The average Bonchev–Trinajstić information content (AvgIpc) is 3.11. The van der Waals surface area contributed by atoms with Gasteiger partial charge in [0.25, 0.3) is 5.91 Å². The molecule has 0 radical (unpaired) electrons. The van der Waals surface area contributed by atoms with Gasteiger partial charge < -0.3 is 14.6 Å². The summed E-state index contributed by atoms with van der Waals surface area (Å²) in [5, 5.41) is 4.15. The van der Waals surface area contributed by atoms with Crippen molar-refractivity contribution in [1.29, 1.82) is 0 Å². The third-order valence-electron chi connectivity index (χ3n) is 5.98. The molecule has 0 unspecified atom stereocenters. The summed E-state index contributed by atoms with van der Waals surface area (Å²) in [5.41, 5.74) is 3.56. The van der Waals surface area contributed by atoms with Gasteiger partial charge in [-0.1, -0.05) is 61.2 Å². The topological polar surface area (TPSA) is 49.6 Å². The van der Waals surface area contributed by atoms with E-state index in [0.29, 0.717) is 17.3 Å². The lowest BCUT2D eigenvalue weighted by Crippen LogP contribution is -2.35. The minimum absolute atomic E-state index is 0.0443. The number of amides is 1. The van der Waals surface area contributed by atoms with Crippen LogP contribution in [-0.4, -0.2) is 39.8 Å². The van der Waals surface area contributed by atoms with Gasteiger partial charge in [0, 0.05) is 25.8 Å². The quantitative estimate of drug-likeness (QED) is 0.521. The third-order valence-corrected chi connectivity index (χ3v) is 6.21. The van der Waals surface area contributed by atoms with Gasteiger partial charge in [-0.3, -0.25) is 4.79 Å². The zero-order chi connectivity index (χ0) is 21.5. The Hall–Kier alpha value is -2.37. The standard InChI is InChI=1S/C25H31ClN4O/c26-21-13-14-23-28-24(25(31)29-16-7-2-1-3-8-17-29)22(30(23)19-21)18-27-15-9-12-20-10-5-4-6-11-20/h4-6,10-11,13-14,19,27H,1-3,7-9,12,15-18H2. The largest absolute Gasteiger partial charge is 0.337 e. The van der Waals surface area contributed by atoms with Crippen molar-refractivity contribution >= 4 is 23.2 Å². The number of rotatable bonds is 7. The number of fused-ring (bicyclic) bond motifs is 1. The SMILES string of the molecule is O=C(c1nc2ccc(Cl)cn2c1CNCCCc1ccccc1)N1CCCCCCC1. The number of likely N-dealkylation sites (tertiary alicyclic amines) is 1. The number of nitrogens with zero attached hydrogens (tertiary/aromatic N) is 3. The van der Waals surface area contributed by atoms with Crippen molar-refractivity contribution in [2.45, 2.75) is 51.5 Å². The maximum absolute atomic E-state index is 13.4. The van der Waals surface area contributed by atoms with Crippen molar-refractivity contribution in [2.75, 3.05) is 19.6 Å². The molecule has 0 bridgehead atoms. The molecule has 164 valence electrons. The van der Waals surface area contributed by atoms with Crippen molar-refractivity contribution < 1.29 is 4.79 Å². The Morgan fingerprint density at radius 3 is 2.52 bits per heavy atom. The molecule has 1 saturated heterocycles. The second kappa shape index (κ2) is 10.8.